The molecule has 1 amide bonds. The van der Waals surface area contributed by atoms with Gasteiger partial charge >= 0.3 is 0 Å². The molecule has 6 nitrogen and oxygen atoms in total. The highest BCUT2D eigenvalue weighted by atomic mass is 16.7. The zero-order chi connectivity index (χ0) is 12.4. The lowest BCUT2D eigenvalue weighted by molar-refractivity contribution is -0.141. The number of hydrogen-bond acceptors (Lipinski definition) is 5. The topological polar surface area (TPSA) is 82.8 Å². The molecule has 0 aliphatic rings. The van der Waals surface area contributed by atoms with Crippen LogP contribution in [-0.4, -0.2) is 51.7 Å². The van der Waals surface area contributed by atoms with Gasteiger partial charge in [0.05, 0.1) is 13.2 Å². The van der Waals surface area contributed by atoms with Gasteiger partial charge in [0.2, 0.25) is 5.91 Å². The molecular formula is C10H22N2O4. The molecule has 0 fully saturated rings. The number of methoxy groups -OCH3 is 1. The number of amides is 1. The summed E-state index contributed by atoms with van der Waals surface area (Å²) in [6.07, 6.45) is -0.423. The van der Waals surface area contributed by atoms with Crippen molar-refractivity contribution in [3.8, 4) is 0 Å². The van der Waals surface area contributed by atoms with Gasteiger partial charge in [0.25, 0.3) is 0 Å². The van der Waals surface area contributed by atoms with Gasteiger partial charge < -0.3 is 25.3 Å². The molecule has 0 spiro atoms. The van der Waals surface area contributed by atoms with Crippen LogP contribution in [0.4, 0.5) is 0 Å². The predicted octanol–water partition coefficient (Wildman–Crippen LogP) is -0.525. The Bertz CT molecular complexity index is 184. The van der Waals surface area contributed by atoms with E-state index in [0.29, 0.717) is 13.2 Å². The standard InChI is InChI=1S/C10H22N2O4/c1-4-15-9(16-5-2)6-12-10(13)8(11)7-14-3/h8-9H,4-7,11H2,1-3H3,(H,12,13). The molecule has 0 saturated heterocycles. The van der Waals surface area contributed by atoms with Crippen molar-refractivity contribution in [1.29, 1.82) is 0 Å². The molecule has 0 aromatic carbocycles. The lowest BCUT2D eigenvalue weighted by atomic mass is 10.3. The largest absolute Gasteiger partial charge is 0.383 e. The normalized spacial score (nSPS) is 12.8. The fourth-order valence-corrected chi connectivity index (χ4v) is 1.11. The smallest absolute Gasteiger partial charge is 0.239 e. The van der Waals surface area contributed by atoms with Crippen LogP contribution < -0.4 is 11.1 Å². The van der Waals surface area contributed by atoms with Crippen LogP contribution >= 0.6 is 0 Å². The maximum absolute atomic E-state index is 11.4. The van der Waals surface area contributed by atoms with Gasteiger partial charge in [-0.05, 0) is 13.8 Å². The quantitative estimate of drug-likeness (QED) is 0.524. The number of rotatable bonds is 9. The Hall–Kier alpha value is -0.690. The molecule has 1 unspecified atom stereocenters. The molecule has 0 aromatic heterocycles. The van der Waals surface area contributed by atoms with E-state index < -0.39 is 12.3 Å². The minimum Gasteiger partial charge on any atom is -0.383 e. The molecule has 0 saturated carbocycles. The second-order valence-electron chi connectivity index (χ2n) is 3.15. The van der Waals surface area contributed by atoms with Crippen molar-refractivity contribution >= 4 is 5.91 Å². The van der Waals surface area contributed by atoms with Crippen molar-refractivity contribution in [2.75, 3.05) is 33.5 Å². The van der Waals surface area contributed by atoms with E-state index in [1.165, 1.54) is 7.11 Å². The number of nitrogens with two attached hydrogens (primary N) is 1. The van der Waals surface area contributed by atoms with Gasteiger partial charge in [0.15, 0.2) is 6.29 Å². The Morgan fingerprint density at radius 1 is 1.31 bits per heavy atom. The Morgan fingerprint density at radius 2 is 1.88 bits per heavy atom. The number of carbonyl (C=O) groups excluding carboxylic acids is 1. The van der Waals surface area contributed by atoms with E-state index in [2.05, 4.69) is 5.32 Å². The van der Waals surface area contributed by atoms with Crippen LogP contribution in [0.1, 0.15) is 13.8 Å². The number of nitrogens with one attached hydrogen (secondary N) is 1. The Kier molecular flexibility index (Phi) is 9.12. The summed E-state index contributed by atoms with van der Waals surface area (Å²) in [6, 6.07) is -0.658. The zero-order valence-electron chi connectivity index (χ0n) is 10.2. The summed E-state index contributed by atoms with van der Waals surface area (Å²) in [5, 5.41) is 2.64. The Labute approximate surface area is 96.4 Å². The third-order valence-electron chi connectivity index (χ3n) is 1.83. The van der Waals surface area contributed by atoms with Gasteiger partial charge in [-0.15, -0.1) is 0 Å². The third-order valence-corrected chi connectivity index (χ3v) is 1.83. The molecule has 0 aliphatic heterocycles. The average molecular weight is 234 g/mol. The van der Waals surface area contributed by atoms with Gasteiger partial charge in [-0.25, -0.2) is 0 Å². The summed E-state index contributed by atoms with van der Waals surface area (Å²) in [7, 11) is 1.50. The summed E-state index contributed by atoms with van der Waals surface area (Å²) >= 11 is 0. The molecular weight excluding hydrogens is 212 g/mol. The summed E-state index contributed by atoms with van der Waals surface area (Å²) in [5.74, 6) is -0.272. The molecule has 1 atom stereocenters. The van der Waals surface area contributed by atoms with E-state index in [9.17, 15) is 4.79 Å². The molecule has 3 N–H and O–H groups in total. The highest BCUT2D eigenvalue weighted by Crippen LogP contribution is 1.93. The third kappa shape index (κ3) is 6.73. The molecule has 0 aromatic rings. The average Bonchev–Trinajstić information content (AvgIpc) is 2.26. The van der Waals surface area contributed by atoms with Gasteiger partial charge in [-0.1, -0.05) is 0 Å². The van der Waals surface area contributed by atoms with Crippen molar-refractivity contribution < 1.29 is 19.0 Å². The predicted molar refractivity (Wildman–Crippen MR) is 59.9 cm³/mol. The second-order valence-corrected chi connectivity index (χ2v) is 3.15. The number of ether oxygens (including phenoxy) is 3. The summed E-state index contributed by atoms with van der Waals surface area (Å²) in [4.78, 5) is 11.4. The first-order valence-corrected chi connectivity index (χ1v) is 5.41. The van der Waals surface area contributed by atoms with Crippen molar-refractivity contribution in [2.24, 2.45) is 5.73 Å². The molecule has 0 heterocycles. The fraction of sp³-hybridized carbons (Fsp3) is 0.900. The summed E-state index contributed by atoms with van der Waals surface area (Å²) in [6.45, 7) is 5.28. The van der Waals surface area contributed by atoms with Crippen LogP contribution in [0.3, 0.4) is 0 Å². The zero-order valence-corrected chi connectivity index (χ0v) is 10.2. The van der Waals surface area contributed by atoms with Crippen LogP contribution in [0.15, 0.2) is 0 Å². The molecule has 0 rings (SSSR count). The lowest BCUT2D eigenvalue weighted by Gasteiger charge is -2.18. The van der Waals surface area contributed by atoms with Crippen molar-refractivity contribution in [1.82, 2.24) is 5.32 Å². The van der Waals surface area contributed by atoms with E-state index in [1.54, 1.807) is 0 Å². The van der Waals surface area contributed by atoms with Crippen LogP contribution in [-0.2, 0) is 19.0 Å². The SMILES string of the molecule is CCOC(CNC(=O)C(N)COC)OCC. The minimum atomic E-state index is -0.658. The van der Waals surface area contributed by atoms with E-state index in [1.807, 2.05) is 13.8 Å². The van der Waals surface area contributed by atoms with Gasteiger partial charge in [-0.3, -0.25) is 4.79 Å². The van der Waals surface area contributed by atoms with Gasteiger partial charge in [0.1, 0.15) is 6.04 Å². The first-order chi connectivity index (χ1) is 7.65. The highest BCUT2D eigenvalue weighted by Gasteiger charge is 2.15. The van der Waals surface area contributed by atoms with Crippen LogP contribution in [0.2, 0.25) is 0 Å². The first kappa shape index (κ1) is 15.3. The lowest BCUT2D eigenvalue weighted by Crippen LogP contribution is -2.46. The summed E-state index contributed by atoms with van der Waals surface area (Å²) < 4.78 is 15.3. The van der Waals surface area contributed by atoms with E-state index in [-0.39, 0.29) is 19.1 Å². The number of carbonyl (C=O) groups is 1. The molecule has 16 heavy (non-hydrogen) atoms. The van der Waals surface area contributed by atoms with Crippen molar-refractivity contribution in [3.63, 3.8) is 0 Å². The van der Waals surface area contributed by atoms with Crippen molar-refractivity contribution in [2.45, 2.75) is 26.2 Å². The maximum Gasteiger partial charge on any atom is 0.239 e. The van der Waals surface area contributed by atoms with Crippen LogP contribution in [0.25, 0.3) is 0 Å². The molecule has 6 heteroatoms. The minimum absolute atomic E-state index is 0.194. The summed E-state index contributed by atoms with van der Waals surface area (Å²) in [5.41, 5.74) is 5.54. The second kappa shape index (κ2) is 9.53. The van der Waals surface area contributed by atoms with E-state index in [0.717, 1.165) is 0 Å². The maximum atomic E-state index is 11.4. The Morgan fingerprint density at radius 3 is 2.31 bits per heavy atom. The van der Waals surface area contributed by atoms with E-state index in [4.69, 9.17) is 19.9 Å². The Balaban J connectivity index is 3.85. The molecule has 0 aliphatic carbocycles. The van der Waals surface area contributed by atoms with Crippen molar-refractivity contribution in [3.05, 3.63) is 0 Å². The molecule has 0 bridgehead atoms. The van der Waals surface area contributed by atoms with Crippen LogP contribution in [0.5, 0.6) is 0 Å². The van der Waals surface area contributed by atoms with E-state index >= 15 is 0 Å². The monoisotopic (exact) mass is 234 g/mol. The molecule has 96 valence electrons. The fourth-order valence-electron chi connectivity index (χ4n) is 1.11. The number of hydrogen-bond donors (Lipinski definition) is 2. The van der Waals surface area contributed by atoms with Gasteiger partial charge in [-0.2, -0.15) is 0 Å². The highest BCUT2D eigenvalue weighted by molar-refractivity contribution is 5.81. The van der Waals surface area contributed by atoms with Crippen LogP contribution in [0, 0.1) is 0 Å². The van der Waals surface area contributed by atoms with Gasteiger partial charge in [0, 0.05) is 20.3 Å². The first-order valence-electron chi connectivity index (χ1n) is 5.41. The molecule has 0 radical (unpaired) electrons.